The summed E-state index contributed by atoms with van der Waals surface area (Å²) in [5, 5.41) is 8.25. The quantitative estimate of drug-likeness (QED) is 0.593. The molecule has 1 unspecified atom stereocenters. The van der Waals surface area contributed by atoms with Crippen molar-refractivity contribution in [3.63, 3.8) is 0 Å². The summed E-state index contributed by atoms with van der Waals surface area (Å²) in [6, 6.07) is 0. The van der Waals surface area contributed by atoms with Crippen molar-refractivity contribution < 1.29 is 13.6 Å². The van der Waals surface area contributed by atoms with E-state index >= 15 is 0 Å². The number of ketones is 1. The van der Waals surface area contributed by atoms with Gasteiger partial charge in [0.15, 0.2) is 5.78 Å². The van der Waals surface area contributed by atoms with E-state index in [9.17, 15) is 9.18 Å². The van der Waals surface area contributed by atoms with E-state index in [2.05, 4.69) is 37.0 Å². The number of carbonyl (C=O) groups excluding carboxylic acids is 1. The molecular weight excluding hydrogens is 363 g/mol. The second kappa shape index (κ2) is 7.97. The van der Waals surface area contributed by atoms with Crippen molar-refractivity contribution in [1.29, 1.82) is 0 Å². The minimum atomic E-state index is -0.355. The van der Waals surface area contributed by atoms with Crippen LogP contribution in [0, 0.1) is 5.41 Å². The Morgan fingerprint density at radius 3 is 2.48 bits per heavy atom. The Morgan fingerprint density at radius 1 is 1.11 bits per heavy atom. The highest BCUT2D eigenvalue weighted by molar-refractivity contribution is 8.00. The van der Waals surface area contributed by atoms with Crippen molar-refractivity contribution in [3.8, 4) is 0 Å². The first-order chi connectivity index (χ1) is 12.7. The highest BCUT2D eigenvalue weighted by Crippen LogP contribution is 2.36. The molecule has 3 rings (SSSR count). The van der Waals surface area contributed by atoms with Crippen LogP contribution in [0.25, 0.3) is 5.57 Å². The molecule has 0 saturated carbocycles. The molecule has 2 aliphatic rings. The fourth-order valence-electron chi connectivity index (χ4n) is 3.11. The Labute approximate surface area is 163 Å². The lowest BCUT2D eigenvalue weighted by molar-refractivity contribution is -0.115. The number of allylic oxidation sites excluding steroid dienone is 8. The zero-order valence-corrected chi connectivity index (χ0v) is 17.0. The lowest BCUT2D eigenvalue weighted by Crippen LogP contribution is -2.16. The van der Waals surface area contributed by atoms with Crippen LogP contribution in [-0.2, 0) is 4.79 Å². The largest absolute Gasteiger partial charge is 0.412 e. The van der Waals surface area contributed by atoms with Crippen LogP contribution in [0.3, 0.4) is 0 Å². The van der Waals surface area contributed by atoms with Gasteiger partial charge in [0.2, 0.25) is 5.89 Å². The third-order valence-electron chi connectivity index (χ3n) is 4.86. The summed E-state index contributed by atoms with van der Waals surface area (Å²) < 4.78 is 18.9. The SMILES string of the molecule is CC(Sc1nnc(C2=CC=C(C(C)(C)C)CC2)o1)C(=O)C1=CC=C(F)CC1. The summed E-state index contributed by atoms with van der Waals surface area (Å²) >= 11 is 1.25. The topological polar surface area (TPSA) is 56.0 Å². The predicted octanol–water partition coefficient (Wildman–Crippen LogP) is 5.84. The van der Waals surface area contributed by atoms with Gasteiger partial charge in [-0.2, -0.15) is 0 Å². The zero-order chi connectivity index (χ0) is 19.6. The summed E-state index contributed by atoms with van der Waals surface area (Å²) in [5.74, 6) is 0.319. The van der Waals surface area contributed by atoms with E-state index in [0.717, 1.165) is 18.4 Å². The number of nitrogens with zero attached hydrogens (tertiary/aromatic N) is 2. The number of carbonyl (C=O) groups is 1. The monoisotopic (exact) mass is 388 g/mol. The minimum Gasteiger partial charge on any atom is -0.412 e. The molecule has 1 aromatic heterocycles. The smallest absolute Gasteiger partial charge is 0.277 e. The number of halogens is 1. The molecule has 2 aliphatic carbocycles. The zero-order valence-electron chi connectivity index (χ0n) is 16.2. The Kier molecular flexibility index (Phi) is 5.84. The molecule has 1 aromatic rings. The summed E-state index contributed by atoms with van der Waals surface area (Å²) in [7, 11) is 0. The molecule has 0 fully saturated rings. The van der Waals surface area contributed by atoms with Crippen LogP contribution in [0.4, 0.5) is 4.39 Å². The first kappa shape index (κ1) is 19.8. The molecule has 0 N–H and O–H groups in total. The Balaban J connectivity index is 1.66. The van der Waals surface area contributed by atoms with Crippen LogP contribution in [0.15, 0.2) is 50.9 Å². The third-order valence-corrected chi connectivity index (χ3v) is 5.79. The number of Topliss-reactive ketones (excluding diaryl/α,β-unsaturated/α-hetero) is 1. The highest BCUT2D eigenvalue weighted by atomic mass is 32.2. The van der Waals surface area contributed by atoms with Crippen molar-refractivity contribution in [2.75, 3.05) is 0 Å². The molecule has 6 heteroatoms. The Hall–Kier alpha value is -1.95. The van der Waals surface area contributed by atoms with Crippen LogP contribution < -0.4 is 0 Å². The standard InChI is InChI=1S/C21H25FN2O2S/c1-13(18(25)14-7-11-17(22)12-8-14)27-20-24-23-19(26-20)15-5-9-16(10-6-15)21(2,3)4/h5,7,9,11,13H,6,8,10,12H2,1-4H3. The molecule has 27 heavy (non-hydrogen) atoms. The predicted molar refractivity (Wildman–Crippen MR) is 106 cm³/mol. The van der Waals surface area contributed by atoms with Gasteiger partial charge >= 0.3 is 0 Å². The van der Waals surface area contributed by atoms with Crippen LogP contribution in [-0.4, -0.2) is 21.2 Å². The normalized spacial score (nSPS) is 19.0. The second-order valence-electron chi connectivity index (χ2n) is 7.94. The molecule has 0 saturated heterocycles. The fourth-order valence-corrected chi connectivity index (χ4v) is 3.89. The number of rotatable bonds is 5. The van der Waals surface area contributed by atoms with E-state index < -0.39 is 0 Å². The van der Waals surface area contributed by atoms with Gasteiger partial charge in [-0.05, 0) is 43.3 Å². The van der Waals surface area contributed by atoms with E-state index in [0.29, 0.717) is 23.1 Å². The van der Waals surface area contributed by atoms with Gasteiger partial charge in [0.05, 0.1) is 5.25 Å². The van der Waals surface area contributed by atoms with E-state index in [1.54, 1.807) is 6.08 Å². The Bertz CT molecular complexity index is 856. The molecule has 144 valence electrons. The maximum Gasteiger partial charge on any atom is 0.277 e. The third kappa shape index (κ3) is 4.86. The summed E-state index contributed by atoms with van der Waals surface area (Å²) in [5.41, 5.74) is 3.24. The molecule has 0 aromatic carbocycles. The van der Waals surface area contributed by atoms with E-state index in [4.69, 9.17) is 4.42 Å². The average molecular weight is 389 g/mol. The maximum atomic E-state index is 13.1. The van der Waals surface area contributed by atoms with Crippen molar-refractivity contribution in [3.05, 3.63) is 47.2 Å². The van der Waals surface area contributed by atoms with Crippen LogP contribution in [0.2, 0.25) is 0 Å². The number of hydrogen-bond donors (Lipinski definition) is 0. The van der Waals surface area contributed by atoms with Crippen molar-refractivity contribution in [1.82, 2.24) is 10.2 Å². The number of thioether (sulfide) groups is 1. The highest BCUT2D eigenvalue weighted by Gasteiger charge is 2.24. The van der Waals surface area contributed by atoms with Crippen molar-refractivity contribution >= 4 is 23.1 Å². The van der Waals surface area contributed by atoms with Crippen LogP contribution in [0.1, 0.15) is 59.3 Å². The lowest BCUT2D eigenvalue weighted by Gasteiger charge is -2.25. The molecule has 1 atom stereocenters. The number of aromatic nitrogens is 2. The molecule has 0 amide bonds. The molecule has 4 nitrogen and oxygen atoms in total. The summed E-state index contributed by atoms with van der Waals surface area (Å²) in [4.78, 5) is 12.5. The van der Waals surface area contributed by atoms with Gasteiger partial charge in [-0.3, -0.25) is 4.79 Å². The van der Waals surface area contributed by atoms with Gasteiger partial charge in [-0.15, -0.1) is 10.2 Å². The molecule has 0 radical (unpaired) electrons. The second-order valence-corrected chi connectivity index (χ2v) is 9.23. The van der Waals surface area contributed by atoms with Gasteiger partial charge in [0.1, 0.15) is 5.83 Å². The van der Waals surface area contributed by atoms with Crippen LogP contribution >= 0.6 is 11.8 Å². The van der Waals surface area contributed by atoms with Crippen molar-refractivity contribution in [2.24, 2.45) is 5.41 Å². The first-order valence-corrected chi connectivity index (χ1v) is 10.1. The first-order valence-electron chi connectivity index (χ1n) is 9.24. The van der Waals surface area contributed by atoms with E-state index in [-0.39, 0.29) is 28.7 Å². The van der Waals surface area contributed by atoms with Gasteiger partial charge in [-0.1, -0.05) is 56.3 Å². The number of hydrogen-bond acceptors (Lipinski definition) is 5. The molecular formula is C21H25FN2O2S. The summed E-state index contributed by atoms with van der Waals surface area (Å²) in [6.45, 7) is 8.45. The lowest BCUT2D eigenvalue weighted by atomic mass is 9.80. The fraction of sp³-hybridized carbons (Fsp3) is 0.476. The van der Waals surface area contributed by atoms with Gasteiger partial charge in [0.25, 0.3) is 5.22 Å². The Morgan fingerprint density at radius 2 is 1.89 bits per heavy atom. The summed E-state index contributed by atoms with van der Waals surface area (Å²) in [6.07, 6.45) is 9.71. The van der Waals surface area contributed by atoms with E-state index in [1.807, 2.05) is 13.0 Å². The average Bonchev–Trinajstić information content (AvgIpc) is 3.09. The minimum absolute atomic E-state index is 0.0156. The molecule has 1 heterocycles. The van der Waals surface area contributed by atoms with Crippen molar-refractivity contribution in [2.45, 2.75) is 63.9 Å². The van der Waals surface area contributed by atoms with Gasteiger partial charge < -0.3 is 4.42 Å². The van der Waals surface area contributed by atoms with E-state index in [1.165, 1.54) is 23.4 Å². The molecule has 0 spiro atoms. The molecule has 0 aliphatic heterocycles. The maximum absolute atomic E-state index is 13.1. The molecule has 0 bridgehead atoms. The van der Waals surface area contributed by atoms with Gasteiger partial charge in [-0.25, -0.2) is 4.39 Å². The van der Waals surface area contributed by atoms with Gasteiger partial charge in [0, 0.05) is 12.0 Å². The van der Waals surface area contributed by atoms with Crippen LogP contribution in [0.5, 0.6) is 0 Å².